The zero-order chi connectivity index (χ0) is 19.5. The SMILES string of the molecule is O=C(O)Cc1c(-c2ccc(Cl)cc2)nn(-c2ccccc2)c1-c1ccccc1. The van der Waals surface area contributed by atoms with Crippen LogP contribution in [0.2, 0.25) is 5.02 Å². The largest absolute Gasteiger partial charge is 0.481 e. The van der Waals surface area contributed by atoms with Crippen molar-refractivity contribution in [2.45, 2.75) is 6.42 Å². The van der Waals surface area contributed by atoms with Crippen molar-refractivity contribution in [1.29, 1.82) is 0 Å². The first kappa shape index (κ1) is 18.0. The van der Waals surface area contributed by atoms with E-state index in [2.05, 4.69) is 0 Å². The van der Waals surface area contributed by atoms with Gasteiger partial charge in [0, 0.05) is 21.7 Å². The molecule has 0 atom stereocenters. The van der Waals surface area contributed by atoms with Crippen molar-refractivity contribution in [3.8, 4) is 28.2 Å². The van der Waals surface area contributed by atoms with E-state index in [1.807, 2.05) is 77.5 Å². The monoisotopic (exact) mass is 388 g/mol. The molecule has 0 radical (unpaired) electrons. The molecule has 0 aliphatic heterocycles. The number of hydrogen-bond donors (Lipinski definition) is 1. The van der Waals surface area contributed by atoms with Crippen molar-refractivity contribution < 1.29 is 9.90 Å². The van der Waals surface area contributed by atoms with Gasteiger partial charge in [0.25, 0.3) is 0 Å². The summed E-state index contributed by atoms with van der Waals surface area (Å²) in [6, 6.07) is 26.7. The van der Waals surface area contributed by atoms with Crippen LogP contribution in [0.5, 0.6) is 0 Å². The molecule has 0 amide bonds. The normalized spacial score (nSPS) is 10.8. The van der Waals surface area contributed by atoms with Crippen molar-refractivity contribution in [2.24, 2.45) is 0 Å². The van der Waals surface area contributed by atoms with Crippen molar-refractivity contribution in [3.05, 3.63) is 95.5 Å². The molecule has 0 saturated heterocycles. The average molecular weight is 389 g/mol. The maximum absolute atomic E-state index is 11.7. The smallest absolute Gasteiger partial charge is 0.307 e. The van der Waals surface area contributed by atoms with Crippen molar-refractivity contribution in [3.63, 3.8) is 0 Å². The van der Waals surface area contributed by atoms with Crippen LogP contribution in [0.1, 0.15) is 5.56 Å². The highest BCUT2D eigenvalue weighted by molar-refractivity contribution is 6.30. The van der Waals surface area contributed by atoms with Crippen LogP contribution >= 0.6 is 11.6 Å². The molecule has 0 aliphatic rings. The van der Waals surface area contributed by atoms with Crippen LogP contribution in [-0.4, -0.2) is 20.9 Å². The van der Waals surface area contributed by atoms with E-state index in [0.717, 1.165) is 22.5 Å². The molecule has 0 fully saturated rings. The molecule has 0 unspecified atom stereocenters. The van der Waals surface area contributed by atoms with E-state index in [1.54, 1.807) is 12.1 Å². The van der Waals surface area contributed by atoms with Gasteiger partial charge in [-0.2, -0.15) is 5.10 Å². The summed E-state index contributed by atoms with van der Waals surface area (Å²) in [6.45, 7) is 0. The summed E-state index contributed by atoms with van der Waals surface area (Å²) in [7, 11) is 0. The van der Waals surface area contributed by atoms with Crippen LogP contribution in [0.3, 0.4) is 0 Å². The lowest BCUT2D eigenvalue weighted by atomic mass is 9.99. The molecule has 138 valence electrons. The zero-order valence-electron chi connectivity index (χ0n) is 14.9. The number of hydrogen-bond acceptors (Lipinski definition) is 2. The first-order valence-electron chi connectivity index (χ1n) is 8.84. The highest BCUT2D eigenvalue weighted by atomic mass is 35.5. The number of aliphatic carboxylic acids is 1. The van der Waals surface area contributed by atoms with E-state index in [9.17, 15) is 9.90 Å². The maximum Gasteiger partial charge on any atom is 0.307 e. The standard InChI is InChI=1S/C23H17ClN2O2/c24-18-13-11-16(12-14-18)22-20(15-21(27)28)23(17-7-3-1-4-8-17)26(25-22)19-9-5-2-6-10-19/h1-14H,15H2,(H,27,28). The molecule has 28 heavy (non-hydrogen) atoms. The Morgan fingerprint density at radius 3 is 2.07 bits per heavy atom. The van der Waals surface area contributed by atoms with Crippen molar-refractivity contribution in [2.75, 3.05) is 0 Å². The van der Waals surface area contributed by atoms with Gasteiger partial charge in [0.15, 0.2) is 0 Å². The summed E-state index contributed by atoms with van der Waals surface area (Å²) in [5.41, 5.74) is 4.70. The number of carboxylic acids is 1. The number of rotatable bonds is 5. The summed E-state index contributed by atoms with van der Waals surface area (Å²) < 4.78 is 1.82. The number of halogens is 1. The summed E-state index contributed by atoms with van der Waals surface area (Å²) in [4.78, 5) is 11.7. The molecule has 4 nitrogen and oxygen atoms in total. The molecular formula is C23H17ClN2O2. The van der Waals surface area contributed by atoms with Gasteiger partial charge in [0.1, 0.15) is 0 Å². The Bertz CT molecular complexity index is 1100. The highest BCUT2D eigenvalue weighted by Crippen LogP contribution is 2.35. The molecule has 4 aromatic rings. The fraction of sp³-hybridized carbons (Fsp3) is 0.0435. The highest BCUT2D eigenvalue weighted by Gasteiger charge is 2.23. The van der Waals surface area contributed by atoms with E-state index < -0.39 is 5.97 Å². The number of benzene rings is 3. The zero-order valence-corrected chi connectivity index (χ0v) is 15.7. The second kappa shape index (κ2) is 7.71. The quantitative estimate of drug-likeness (QED) is 0.492. The Morgan fingerprint density at radius 2 is 1.46 bits per heavy atom. The third-order valence-corrected chi connectivity index (χ3v) is 4.73. The minimum absolute atomic E-state index is 0.130. The fourth-order valence-corrected chi connectivity index (χ4v) is 3.38. The first-order chi connectivity index (χ1) is 13.6. The minimum Gasteiger partial charge on any atom is -0.481 e. The van der Waals surface area contributed by atoms with Crippen LogP contribution in [0.25, 0.3) is 28.2 Å². The molecule has 4 rings (SSSR count). The van der Waals surface area contributed by atoms with E-state index in [4.69, 9.17) is 16.7 Å². The maximum atomic E-state index is 11.7. The Labute approximate surface area is 167 Å². The molecule has 0 saturated carbocycles. The van der Waals surface area contributed by atoms with Crippen LogP contribution in [0.15, 0.2) is 84.9 Å². The van der Waals surface area contributed by atoms with Gasteiger partial charge in [-0.1, -0.05) is 72.3 Å². The van der Waals surface area contributed by atoms with Gasteiger partial charge < -0.3 is 5.11 Å². The predicted molar refractivity (Wildman–Crippen MR) is 111 cm³/mol. The fourth-order valence-electron chi connectivity index (χ4n) is 3.26. The lowest BCUT2D eigenvalue weighted by Gasteiger charge is -2.09. The third kappa shape index (κ3) is 3.55. The molecule has 0 bridgehead atoms. The van der Waals surface area contributed by atoms with E-state index in [1.165, 1.54) is 0 Å². The molecule has 3 aromatic carbocycles. The predicted octanol–water partition coefficient (Wildman–Crippen LogP) is 5.49. The summed E-state index contributed by atoms with van der Waals surface area (Å²) >= 11 is 6.03. The third-order valence-electron chi connectivity index (χ3n) is 4.48. The Kier molecular flexibility index (Phi) is 4.96. The number of nitrogens with zero attached hydrogens (tertiary/aromatic N) is 2. The topological polar surface area (TPSA) is 55.1 Å². The second-order valence-corrected chi connectivity index (χ2v) is 6.80. The molecular weight excluding hydrogens is 372 g/mol. The Balaban J connectivity index is 2.03. The number of carbonyl (C=O) groups is 1. The van der Waals surface area contributed by atoms with Gasteiger partial charge >= 0.3 is 5.97 Å². The van der Waals surface area contributed by atoms with Gasteiger partial charge in [-0.3, -0.25) is 4.79 Å². The van der Waals surface area contributed by atoms with Gasteiger partial charge in [-0.15, -0.1) is 0 Å². The molecule has 1 N–H and O–H groups in total. The van der Waals surface area contributed by atoms with E-state index >= 15 is 0 Å². The number of para-hydroxylation sites is 1. The molecule has 1 aromatic heterocycles. The molecule has 1 heterocycles. The average Bonchev–Trinajstić information content (AvgIpc) is 3.08. The van der Waals surface area contributed by atoms with Crippen LogP contribution in [0, 0.1) is 0 Å². The molecule has 0 spiro atoms. The molecule has 0 aliphatic carbocycles. The summed E-state index contributed by atoms with van der Waals surface area (Å²) in [5, 5.41) is 15.0. The number of carboxylic acid groups (broad SMARTS) is 1. The van der Waals surface area contributed by atoms with Gasteiger partial charge in [0.2, 0.25) is 0 Å². The summed E-state index contributed by atoms with van der Waals surface area (Å²) in [5.74, 6) is -0.903. The summed E-state index contributed by atoms with van der Waals surface area (Å²) in [6.07, 6.45) is -0.130. The van der Waals surface area contributed by atoms with E-state index in [0.29, 0.717) is 16.3 Å². The molecule has 5 heteroatoms. The minimum atomic E-state index is -0.903. The van der Waals surface area contributed by atoms with Crippen molar-refractivity contribution in [1.82, 2.24) is 9.78 Å². The van der Waals surface area contributed by atoms with Crippen LogP contribution in [-0.2, 0) is 11.2 Å². The van der Waals surface area contributed by atoms with Crippen LogP contribution in [0.4, 0.5) is 0 Å². The van der Waals surface area contributed by atoms with E-state index in [-0.39, 0.29) is 6.42 Å². The lowest BCUT2D eigenvalue weighted by molar-refractivity contribution is -0.136. The van der Waals surface area contributed by atoms with Gasteiger partial charge in [0.05, 0.1) is 23.5 Å². The second-order valence-electron chi connectivity index (χ2n) is 6.37. The van der Waals surface area contributed by atoms with Gasteiger partial charge in [-0.05, 0) is 24.3 Å². The Hall–Kier alpha value is -3.37. The lowest BCUT2D eigenvalue weighted by Crippen LogP contribution is -2.04. The first-order valence-corrected chi connectivity index (χ1v) is 9.22. The number of aromatic nitrogens is 2. The Morgan fingerprint density at radius 1 is 0.857 bits per heavy atom. The van der Waals surface area contributed by atoms with Gasteiger partial charge in [-0.25, -0.2) is 4.68 Å². The van der Waals surface area contributed by atoms with Crippen molar-refractivity contribution >= 4 is 17.6 Å². The van der Waals surface area contributed by atoms with Crippen LogP contribution < -0.4 is 0 Å².